The zero-order valence-electron chi connectivity index (χ0n) is 10.7. The molecule has 2 rings (SSSR count). The molecule has 110 valence electrons. The predicted octanol–water partition coefficient (Wildman–Crippen LogP) is 0.680. The van der Waals surface area contributed by atoms with Crippen LogP contribution in [0.2, 0.25) is 0 Å². The highest BCUT2D eigenvalue weighted by Crippen LogP contribution is 2.19. The van der Waals surface area contributed by atoms with Crippen LogP contribution in [0.25, 0.3) is 0 Å². The summed E-state index contributed by atoms with van der Waals surface area (Å²) in [6.45, 7) is 0. The Morgan fingerprint density at radius 2 is 2.19 bits per heavy atom. The molecular formula is C13H12FN3O4. The number of carbonyl (C=O) groups is 2. The number of carboxylic acid groups (broad SMARTS) is 1. The quantitative estimate of drug-likeness (QED) is 0.647. The molecule has 0 spiro atoms. The van der Waals surface area contributed by atoms with E-state index >= 15 is 0 Å². The third kappa shape index (κ3) is 3.35. The zero-order chi connectivity index (χ0) is 15.4. The molecule has 0 radical (unpaired) electrons. The monoisotopic (exact) mass is 293 g/mol. The van der Waals surface area contributed by atoms with Crippen LogP contribution in [-0.4, -0.2) is 38.1 Å². The maximum absolute atomic E-state index is 13.5. The van der Waals surface area contributed by atoms with Crippen LogP contribution in [0.5, 0.6) is 5.75 Å². The second-order valence-corrected chi connectivity index (χ2v) is 4.28. The lowest BCUT2D eigenvalue weighted by Crippen LogP contribution is -2.42. The summed E-state index contributed by atoms with van der Waals surface area (Å²) in [5, 5.41) is 20.8. The van der Waals surface area contributed by atoms with Crippen LogP contribution in [0.4, 0.5) is 4.39 Å². The van der Waals surface area contributed by atoms with Gasteiger partial charge >= 0.3 is 5.97 Å². The van der Waals surface area contributed by atoms with Crippen molar-refractivity contribution in [3.05, 3.63) is 47.8 Å². The molecule has 1 heterocycles. The number of rotatable bonds is 5. The van der Waals surface area contributed by atoms with Gasteiger partial charge in [-0.05, 0) is 12.1 Å². The third-order valence-corrected chi connectivity index (χ3v) is 2.80. The molecule has 1 atom stereocenters. The van der Waals surface area contributed by atoms with E-state index in [-0.39, 0.29) is 6.42 Å². The van der Waals surface area contributed by atoms with E-state index < -0.39 is 35.0 Å². The SMILES string of the molecule is O=C(N[C@H](Cc1cnc[nH]1)C(=O)O)c1c(O)cccc1F. The standard InChI is InChI=1S/C13H12FN3O4/c14-8-2-1-3-10(18)11(8)12(19)17-9(13(20)21)4-7-5-15-6-16-7/h1-3,5-6,9,18H,4H2,(H,15,16)(H,17,19)(H,20,21)/t9-/m1/s1. The zero-order valence-corrected chi connectivity index (χ0v) is 10.7. The van der Waals surface area contributed by atoms with Crippen molar-refractivity contribution in [2.45, 2.75) is 12.5 Å². The number of benzene rings is 1. The maximum Gasteiger partial charge on any atom is 0.326 e. The van der Waals surface area contributed by atoms with Crippen LogP contribution in [-0.2, 0) is 11.2 Å². The van der Waals surface area contributed by atoms with Crippen LogP contribution in [0.1, 0.15) is 16.1 Å². The first-order chi connectivity index (χ1) is 9.99. The van der Waals surface area contributed by atoms with Gasteiger partial charge in [-0.2, -0.15) is 0 Å². The first-order valence-electron chi connectivity index (χ1n) is 5.97. The van der Waals surface area contributed by atoms with Gasteiger partial charge in [0, 0.05) is 18.3 Å². The van der Waals surface area contributed by atoms with E-state index in [0.717, 1.165) is 12.1 Å². The fraction of sp³-hybridized carbons (Fsp3) is 0.154. The maximum atomic E-state index is 13.5. The molecule has 0 aliphatic carbocycles. The predicted molar refractivity (Wildman–Crippen MR) is 69.2 cm³/mol. The molecule has 0 fully saturated rings. The number of hydrogen-bond donors (Lipinski definition) is 4. The third-order valence-electron chi connectivity index (χ3n) is 2.80. The molecule has 0 aliphatic rings. The Kier molecular flexibility index (Phi) is 4.17. The van der Waals surface area contributed by atoms with Crippen molar-refractivity contribution in [3.63, 3.8) is 0 Å². The second-order valence-electron chi connectivity index (χ2n) is 4.28. The fourth-order valence-electron chi connectivity index (χ4n) is 1.78. The Labute approximate surface area is 118 Å². The van der Waals surface area contributed by atoms with Gasteiger partial charge in [0.2, 0.25) is 0 Å². The number of phenols is 1. The van der Waals surface area contributed by atoms with Gasteiger partial charge in [-0.25, -0.2) is 14.2 Å². The minimum atomic E-state index is -1.28. The summed E-state index contributed by atoms with van der Waals surface area (Å²) in [5.74, 6) is -3.78. The van der Waals surface area contributed by atoms with Gasteiger partial charge in [0.15, 0.2) is 0 Å². The van der Waals surface area contributed by atoms with E-state index in [9.17, 15) is 19.1 Å². The number of carbonyl (C=O) groups excluding carboxylic acids is 1. The normalized spacial score (nSPS) is 11.9. The lowest BCUT2D eigenvalue weighted by atomic mass is 10.1. The van der Waals surface area contributed by atoms with Gasteiger partial charge in [0.25, 0.3) is 5.91 Å². The van der Waals surface area contributed by atoms with E-state index in [2.05, 4.69) is 15.3 Å². The molecule has 1 aromatic carbocycles. The van der Waals surface area contributed by atoms with Gasteiger partial charge in [0.1, 0.15) is 23.2 Å². The summed E-state index contributed by atoms with van der Waals surface area (Å²) in [6.07, 6.45) is 2.75. The Morgan fingerprint density at radius 1 is 1.43 bits per heavy atom. The number of nitrogens with one attached hydrogen (secondary N) is 2. The molecule has 0 saturated heterocycles. The van der Waals surface area contributed by atoms with Crippen LogP contribution in [0.15, 0.2) is 30.7 Å². The molecule has 0 unspecified atom stereocenters. The van der Waals surface area contributed by atoms with Gasteiger partial charge < -0.3 is 20.5 Å². The number of nitrogens with zero attached hydrogens (tertiary/aromatic N) is 1. The van der Waals surface area contributed by atoms with Crippen molar-refractivity contribution in [1.82, 2.24) is 15.3 Å². The molecule has 1 aromatic heterocycles. The summed E-state index contributed by atoms with van der Waals surface area (Å²) in [5.41, 5.74) is -0.0891. The van der Waals surface area contributed by atoms with E-state index in [1.807, 2.05) is 0 Å². The fourth-order valence-corrected chi connectivity index (χ4v) is 1.78. The number of carboxylic acids is 1. The molecule has 0 bridgehead atoms. The highest BCUT2D eigenvalue weighted by molar-refractivity contribution is 5.99. The summed E-state index contributed by atoms with van der Waals surface area (Å²) in [7, 11) is 0. The molecule has 1 amide bonds. The minimum absolute atomic E-state index is 0.0453. The smallest absolute Gasteiger partial charge is 0.326 e. The Morgan fingerprint density at radius 3 is 2.76 bits per heavy atom. The van der Waals surface area contributed by atoms with E-state index in [1.165, 1.54) is 18.6 Å². The average molecular weight is 293 g/mol. The number of aliphatic carboxylic acids is 1. The van der Waals surface area contributed by atoms with Crippen LogP contribution < -0.4 is 5.32 Å². The highest BCUT2D eigenvalue weighted by Gasteiger charge is 2.24. The molecule has 0 aliphatic heterocycles. The van der Waals surface area contributed by atoms with Gasteiger partial charge in [-0.3, -0.25) is 4.79 Å². The molecule has 8 heteroatoms. The van der Waals surface area contributed by atoms with Crippen molar-refractivity contribution in [2.75, 3.05) is 0 Å². The minimum Gasteiger partial charge on any atom is -0.507 e. The Balaban J connectivity index is 2.17. The molecule has 0 saturated carbocycles. The number of phenolic OH excluding ortho intramolecular Hbond substituents is 1. The number of amides is 1. The molecule has 21 heavy (non-hydrogen) atoms. The number of aromatic nitrogens is 2. The van der Waals surface area contributed by atoms with E-state index in [0.29, 0.717) is 5.69 Å². The van der Waals surface area contributed by atoms with Crippen LogP contribution >= 0.6 is 0 Å². The van der Waals surface area contributed by atoms with Crippen molar-refractivity contribution in [2.24, 2.45) is 0 Å². The lowest BCUT2D eigenvalue weighted by molar-refractivity contribution is -0.139. The summed E-state index contributed by atoms with van der Waals surface area (Å²) < 4.78 is 13.5. The molecule has 7 nitrogen and oxygen atoms in total. The summed E-state index contributed by atoms with van der Waals surface area (Å²) in [6, 6.07) is 2.10. The Bertz CT molecular complexity index is 637. The number of aromatic amines is 1. The number of H-pyrrole nitrogens is 1. The summed E-state index contributed by atoms with van der Waals surface area (Å²) >= 11 is 0. The number of aromatic hydroxyl groups is 1. The van der Waals surface area contributed by atoms with E-state index in [4.69, 9.17) is 5.11 Å². The first kappa shape index (κ1) is 14.5. The number of halogens is 1. The first-order valence-corrected chi connectivity index (χ1v) is 5.97. The highest BCUT2D eigenvalue weighted by atomic mass is 19.1. The van der Waals surface area contributed by atoms with E-state index in [1.54, 1.807) is 0 Å². The molecular weight excluding hydrogens is 281 g/mol. The van der Waals surface area contributed by atoms with Crippen LogP contribution in [0, 0.1) is 5.82 Å². The largest absolute Gasteiger partial charge is 0.507 e. The molecule has 2 aromatic rings. The van der Waals surface area contributed by atoms with Crippen molar-refractivity contribution in [1.29, 1.82) is 0 Å². The Hall–Kier alpha value is -2.90. The van der Waals surface area contributed by atoms with Crippen molar-refractivity contribution in [3.8, 4) is 5.75 Å². The van der Waals surface area contributed by atoms with Crippen molar-refractivity contribution >= 4 is 11.9 Å². The van der Waals surface area contributed by atoms with Gasteiger partial charge in [0.05, 0.1) is 6.33 Å². The lowest BCUT2D eigenvalue weighted by Gasteiger charge is -2.14. The summed E-state index contributed by atoms with van der Waals surface area (Å²) in [4.78, 5) is 29.5. The van der Waals surface area contributed by atoms with Crippen molar-refractivity contribution < 1.29 is 24.2 Å². The van der Waals surface area contributed by atoms with Gasteiger partial charge in [-0.15, -0.1) is 0 Å². The van der Waals surface area contributed by atoms with Crippen LogP contribution in [0.3, 0.4) is 0 Å². The molecule has 4 N–H and O–H groups in total. The second kappa shape index (κ2) is 6.04. The number of hydrogen-bond acceptors (Lipinski definition) is 4. The number of imidazole rings is 1. The topological polar surface area (TPSA) is 115 Å². The average Bonchev–Trinajstić information content (AvgIpc) is 2.90. The van der Waals surface area contributed by atoms with Gasteiger partial charge in [-0.1, -0.05) is 6.07 Å².